The van der Waals surface area contributed by atoms with Gasteiger partial charge in [-0.05, 0) is 26.7 Å². The normalized spacial score (nSPS) is 18.1. The van der Waals surface area contributed by atoms with Crippen molar-refractivity contribution in [2.75, 3.05) is 13.2 Å². The van der Waals surface area contributed by atoms with Crippen LogP contribution < -0.4 is 5.32 Å². The van der Waals surface area contributed by atoms with E-state index < -0.39 is 0 Å². The van der Waals surface area contributed by atoms with Crippen LogP contribution in [0.15, 0.2) is 0 Å². The molecule has 1 aliphatic carbocycles. The van der Waals surface area contributed by atoms with Crippen LogP contribution in [0.2, 0.25) is 0 Å². The first kappa shape index (κ1) is 10.6. The van der Waals surface area contributed by atoms with Crippen molar-refractivity contribution in [2.24, 2.45) is 5.41 Å². The molecule has 1 aliphatic rings. The third-order valence-corrected chi connectivity index (χ3v) is 3.38. The van der Waals surface area contributed by atoms with Crippen molar-refractivity contribution in [3.05, 3.63) is 17.0 Å². The van der Waals surface area contributed by atoms with Crippen LogP contribution in [0.5, 0.6) is 0 Å². The summed E-state index contributed by atoms with van der Waals surface area (Å²) in [6, 6.07) is 0. The van der Waals surface area contributed by atoms with E-state index in [1.54, 1.807) is 0 Å². The number of aromatic amines is 1. The van der Waals surface area contributed by atoms with Gasteiger partial charge in [-0.25, -0.2) is 0 Å². The topological polar surface area (TPSA) is 60.9 Å². The van der Waals surface area contributed by atoms with Crippen molar-refractivity contribution in [1.29, 1.82) is 0 Å². The summed E-state index contributed by atoms with van der Waals surface area (Å²) < 4.78 is 0. The summed E-state index contributed by atoms with van der Waals surface area (Å²) >= 11 is 0. The molecule has 1 saturated carbocycles. The largest absolute Gasteiger partial charge is 0.396 e. The number of H-pyrrole nitrogens is 1. The Morgan fingerprint density at radius 2 is 2.20 bits per heavy atom. The number of aryl methyl sites for hydroxylation is 2. The molecule has 0 radical (unpaired) electrons. The predicted molar refractivity (Wildman–Crippen MR) is 58.5 cm³/mol. The molecule has 0 aliphatic heterocycles. The monoisotopic (exact) mass is 209 g/mol. The molecule has 0 saturated heterocycles. The number of nitrogens with one attached hydrogen (secondary N) is 2. The van der Waals surface area contributed by atoms with Crippen molar-refractivity contribution in [3.8, 4) is 0 Å². The van der Waals surface area contributed by atoms with Crippen LogP contribution in [0, 0.1) is 19.3 Å². The minimum atomic E-state index is 0.186. The van der Waals surface area contributed by atoms with Gasteiger partial charge in [-0.15, -0.1) is 0 Å². The van der Waals surface area contributed by atoms with Crippen LogP contribution in [0.1, 0.15) is 29.8 Å². The number of aromatic nitrogens is 2. The molecule has 1 fully saturated rings. The minimum absolute atomic E-state index is 0.186. The quantitative estimate of drug-likeness (QED) is 0.675. The van der Waals surface area contributed by atoms with Crippen molar-refractivity contribution in [3.63, 3.8) is 0 Å². The van der Waals surface area contributed by atoms with Crippen LogP contribution in [-0.2, 0) is 6.54 Å². The first-order chi connectivity index (χ1) is 7.17. The summed E-state index contributed by atoms with van der Waals surface area (Å²) in [4.78, 5) is 0. The van der Waals surface area contributed by atoms with E-state index in [2.05, 4.69) is 15.5 Å². The van der Waals surface area contributed by atoms with Gasteiger partial charge in [0.1, 0.15) is 0 Å². The Hall–Kier alpha value is -0.870. The Bertz CT molecular complexity index is 322. The third kappa shape index (κ3) is 2.21. The van der Waals surface area contributed by atoms with Gasteiger partial charge < -0.3 is 10.4 Å². The first-order valence-corrected chi connectivity index (χ1v) is 5.49. The Morgan fingerprint density at radius 1 is 1.47 bits per heavy atom. The standard InChI is InChI=1S/C11H19N3O/c1-8-10(9(2)14-13-8)5-12-6-11(7-15)3-4-11/h12,15H,3-7H2,1-2H3,(H,13,14). The van der Waals surface area contributed by atoms with Gasteiger partial charge in [-0.3, -0.25) is 5.10 Å². The van der Waals surface area contributed by atoms with E-state index in [0.29, 0.717) is 6.61 Å². The van der Waals surface area contributed by atoms with Crippen LogP contribution in [-0.4, -0.2) is 28.5 Å². The van der Waals surface area contributed by atoms with Crippen LogP contribution in [0.4, 0.5) is 0 Å². The van der Waals surface area contributed by atoms with Gasteiger partial charge in [0.15, 0.2) is 0 Å². The Balaban J connectivity index is 1.83. The SMILES string of the molecule is Cc1n[nH]c(C)c1CNCC1(CO)CC1. The maximum Gasteiger partial charge on any atom is 0.0638 e. The summed E-state index contributed by atoms with van der Waals surface area (Å²) in [5.41, 5.74) is 3.64. The highest BCUT2D eigenvalue weighted by molar-refractivity contribution is 5.22. The number of nitrogens with zero attached hydrogens (tertiary/aromatic N) is 1. The first-order valence-electron chi connectivity index (χ1n) is 5.49. The minimum Gasteiger partial charge on any atom is -0.396 e. The summed E-state index contributed by atoms with van der Waals surface area (Å²) in [5.74, 6) is 0. The highest BCUT2D eigenvalue weighted by Gasteiger charge is 2.41. The van der Waals surface area contributed by atoms with Gasteiger partial charge in [-0.2, -0.15) is 5.10 Å². The molecule has 1 heterocycles. The Morgan fingerprint density at radius 3 is 2.67 bits per heavy atom. The van der Waals surface area contributed by atoms with E-state index in [1.165, 1.54) is 5.56 Å². The summed E-state index contributed by atoms with van der Waals surface area (Å²) in [6.07, 6.45) is 2.31. The molecular formula is C11H19N3O. The fourth-order valence-electron chi connectivity index (χ4n) is 1.85. The molecule has 2 rings (SSSR count). The molecule has 0 unspecified atom stereocenters. The smallest absolute Gasteiger partial charge is 0.0638 e. The van der Waals surface area contributed by atoms with Crippen molar-refractivity contribution >= 4 is 0 Å². The average molecular weight is 209 g/mol. The summed E-state index contributed by atoms with van der Waals surface area (Å²) in [6.45, 7) is 6.11. The number of hydrogen-bond donors (Lipinski definition) is 3. The van der Waals surface area contributed by atoms with Gasteiger partial charge in [0.2, 0.25) is 0 Å². The number of hydrogen-bond acceptors (Lipinski definition) is 3. The number of aliphatic hydroxyl groups excluding tert-OH is 1. The molecule has 0 spiro atoms. The lowest BCUT2D eigenvalue weighted by atomic mass is 10.1. The Labute approximate surface area is 90.1 Å². The fraction of sp³-hybridized carbons (Fsp3) is 0.727. The molecule has 84 valence electrons. The highest BCUT2D eigenvalue weighted by Crippen LogP contribution is 2.44. The third-order valence-electron chi connectivity index (χ3n) is 3.38. The van der Waals surface area contributed by atoms with Gasteiger partial charge in [-0.1, -0.05) is 0 Å². The average Bonchev–Trinajstić information content (AvgIpc) is 2.95. The predicted octanol–water partition coefficient (Wildman–Crippen LogP) is 0.889. The lowest BCUT2D eigenvalue weighted by molar-refractivity contribution is 0.207. The molecule has 1 aromatic heterocycles. The maximum absolute atomic E-state index is 9.16. The second kappa shape index (κ2) is 3.94. The molecule has 0 aromatic carbocycles. The number of rotatable bonds is 5. The van der Waals surface area contributed by atoms with E-state index in [0.717, 1.165) is 37.3 Å². The molecule has 0 amide bonds. The lowest BCUT2D eigenvalue weighted by Gasteiger charge is -2.12. The Kier molecular flexibility index (Phi) is 2.80. The van der Waals surface area contributed by atoms with Crippen molar-refractivity contribution in [1.82, 2.24) is 15.5 Å². The zero-order valence-electron chi connectivity index (χ0n) is 9.43. The molecule has 0 bridgehead atoms. The van der Waals surface area contributed by atoms with Crippen LogP contribution in [0.3, 0.4) is 0 Å². The van der Waals surface area contributed by atoms with Gasteiger partial charge in [0.25, 0.3) is 0 Å². The van der Waals surface area contributed by atoms with E-state index >= 15 is 0 Å². The van der Waals surface area contributed by atoms with Gasteiger partial charge in [0, 0.05) is 36.4 Å². The maximum atomic E-state index is 9.16. The van der Waals surface area contributed by atoms with Crippen molar-refractivity contribution in [2.45, 2.75) is 33.2 Å². The second-order valence-electron chi connectivity index (χ2n) is 4.67. The highest BCUT2D eigenvalue weighted by atomic mass is 16.3. The van der Waals surface area contributed by atoms with Crippen LogP contribution in [0.25, 0.3) is 0 Å². The van der Waals surface area contributed by atoms with E-state index in [9.17, 15) is 0 Å². The summed E-state index contributed by atoms with van der Waals surface area (Å²) in [5, 5.41) is 19.7. The second-order valence-corrected chi connectivity index (χ2v) is 4.67. The lowest BCUT2D eigenvalue weighted by Crippen LogP contribution is -2.26. The molecule has 1 aromatic rings. The zero-order valence-corrected chi connectivity index (χ0v) is 9.43. The summed E-state index contributed by atoms with van der Waals surface area (Å²) in [7, 11) is 0. The van der Waals surface area contributed by atoms with Gasteiger partial charge >= 0.3 is 0 Å². The fourth-order valence-corrected chi connectivity index (χ4v) is 1.85. The van der Waals surface area contributed by atoms with E-state index in [4.69, 9.17) is 5.11 Å². The molecule has 3 N–H and O–H groups in total. The molecule has 4 heteroatoms. The molecule has 0 atom stereocenters. The number of aliphatic hydroxyl groups is 1. The molecule has 15 heavy (non-hydrogen) atoms. The van der Waals surface area contributed by atoms with Crippen LogP contribution >= 0.6 is 0 Å². The van der Waals surface area contributed by atoms with Crippen molar-refractivity contribution < 1.29 is 5.11 Å². The molecular weight excluding hydrogens is 190 g/mol. The van der Waals surface area contributed by atoms with E-state index in [-0.39, 0.29) is 5.41 Å². The molecule has 4 nitrogen and oxygen atoms in total. The zero-order chi connectivity index (χ0) is 10.9. The van der Waals surface area contributed by atoms with Gasteiger partial charge in [0.05, 0.1) is 5.69 Å². The van der Waals surface area contributed by atoms with E-state index in [1.807, 2.05) is 13.8 Å².